The molecule has 2 heterocycles. The molecule has 4 nitrogen and oxygen atoms in total. The third kappa shape index (κ3) is 1.34. The Morgan fingerprint density at radius 2 is 2.21 bits per heavy atom. The van der Waals surface area contributed by atoms with E-state index in [-0.39, 0.29) is 0 Å². The van der Waals surface area contributed by atoms with Gasteiger partial charge in [-0.05, 0) is 32.2 Å². The molecule has 1 saturated carbocycles. The molecule has 2 aliphatic rings. The molecule has 0 aromatic carbocycles. The maximum absolute atomic E-state index is 4.64. The molecule has 1 aromatic rings. The minimum atomic E-state index is 0.444. The first-order chi connectivity index (χ1) is 6.84. The number of rotatable bonds is 2. The van der Waals surface area contributed by atoms with E-state index in [1.54, 1.807) is 0 Å². The molecule has 1 unspecified atom stereocenters. The second-order valence-corrected chi connectivity index (χ2v) is 4.38. The molecule has 3 rings (SSSR count). The lowest BCUT2D eigenvalue weighted by Gasteiger charge is -2.07. The molecular weight excluding hydrogens is 176 g/mol. The van der Waals surface area contributed by atoms with E-state index in [9.17, 15) is 0 Å². The van der Waals surface area contributed by atoms with E-state index in [1.807, 2.05) is 11.7 Å². The van der Waals surface area contributed by atoms with Crippen LogP contribution >= 0.6 is 0 Å². The minimum absolute atomic E-state index is 0.444. The molecule has 2 fully saturated rings. The smallest absolute Gasteiger partial charge is 0.154 e. The fourth-order valence-electron chi connectivity index (χ4n) is 2.14. The Labute approximate surface area is 83.7 Å². The van der Waals surface area contributed by atoms with Crippen molar-refractivity contribution >= 4 is 0 Å². The molecule has 0 bridgehead atoms. The molecule has 0 spiro atoms. The zero-order valence-electron chi connectivity index (χ0n) is 8.53. The van der Waals surface area contributed by atoms with E-state index in [0.717, 1.165) is 18.2 Å². The topological polar surface area (TPSA) is 42.7 Å². The minimum Gasteiger partial charge on any atom is -0.307 e. The lowest BCUT2D eigenvalue weighted by atomic mass is 10.2. The van der Waals surface area contributed by atoms with E-state index in [4.69, 9.17) is 0 Å². The summed E-state index contributed by atoms with van der Waals surface area (Å²) in [5.41, 5.74) is 0. The van der Waals surface area contributed by atoms with E-state index in [0.29, 0.717) is 12.0 Å². The highest BCUT2D eigenvalue weighted by Gasteiger charge is 2.30. The lowest BCUT2D eigenvalue weighted by molar-refractivity contribution is 0.559. The molecule has 14 heavy (non-hydrogen) atoms. The molecule has 1 N–H and O–H groups in total. The summed E-state index contributed by atoms with van der Waals surface area (Å²) < 4.78 is 1.96. The van der Waals surface area contributed by atoms with Crippen molar-refractivity contribution in [1.82, 2.24) is 20.1 Å². The molecule has 1 aromatic heterocycles. The van der Waals surface area contributed by atoms with E-state index >= 15 is 0 Å². The average molecular weight is 192 g/mol. The third-order valence-corrected chi connectivity index (χ3v) is 3.13. The van der Waals surface area contributed by atoms with Crippen LogP contribution in [0.4, 0.5) is 0 Å². The van der Waals surface area contributed by atoms with Gasteiger partial charge in [0.25, 0.3) is 0 Å². The standard InChI is InChI=1S/C10H16N4/c1-14-10(8-3-2-6-11-8)12-9(13-14)7-4-5-7/h7-8,11H,2-6H2,1H3. The number of aryl methyl sites for hydroxylation is 1. The average Bonchev–Trinajstić information content (AvgIpc) is 2.75. The predicted octanol–water partition coefficient (Wildman–Crippen LogP) is 1.12. The van der Waals surface area contributed by atoms with Gasteiger partial charge in [0.05, 0.1) is 6.04 Å². The normalized spacial score (nSPS) is 27.1. The summed E-state index contributed by atoms with van der Waals surface area (Å²) >= 11 is 0. The predicted molar refractivity (Wildman–Crippen MR) is 53.0 cm³/mol. The fourth-order valence-corrected chi connectivity index (χ4v) is 2.14. The highest BCUT2D eigenvalue weighted by molar-refractivity contribution is 5.08. The Morgan fingerprint density at radius 1 is 1.36 bits per heavy atom. The van der Waals surface area contributed by atoms with Crippen molar-refractivity contribution in [2.75, 3.05) is 6.54 Å². The van der Waals surface area contributed by atoms with Crippen molar-refractivity contribution in [2.45, 2.75) is 37.6 Å². The van der Waals surface area contributed by atoms with Crippen molar-refractivity contribution in [1.29, 1.82) is 0 Å². The first kappa shape index (κ1) is 8.41. The summed E-state index contributed by atoms with van der Waals surface area (Å²) in [6, 6.07) is 0.444. The first-order valence-electron chi connectivity index (χ1n) is 5.49. The SMILES string of the molecule is Cn1nc(C2CC2)nc1C1CCCN1. The quantitative estimate of drug-likeness (QED) is 0.763. The van der Waals surface area contributed by atoms with Crippen LogP contribution in [0, 0.1) is 0 Å². The number of hydrogen-bond donors (Lipinski definition) is 1. The fraction of sp³-hybridized carbons (Fsp3) is 0.800. The van der Waals surface area contributed by atoms with Crippen molar-refractivity contribution < 1.29 is 0 Å². The van der Waals surface area contributed by atoms with Gasteiger partial charge in [0.2, 0.25) is 0 Å². The second kappa shape index (κ2) is 3.05. The molecule has 0 amide bonds. The van der Waals surface area contributed by atoms with Gasteiger partial charge in [0, 0.05) is 13.0 Å². The molecule has 1 atom stereocenters. The molecule has 0 radical (unpaired) electrons. The highest BCUT2D eigenvalue weighted by Crippen LogP contribution is 2.38. The zero-order valence-corrected chi connectivity index (χ0v) is 8.53. The van der Waals surface area contributed by atoms with Crippen LogP contribution < -0.4 is 5.32 Å². The van der Waals surface area contributed by atoms with E-state index in [1.165, 1.54) is 25.7 Å². The van der Waals surface area contributed by atoms with Crippen LogP contribution in [0.5, 0.6) is 0 Å². The van der Waals surface area contributed by atoms with Crippen molar-refractivity contribution in [3.63, 3.8) is 0 Å². The number of hydrogen-bond acceptors (Lipinski definition) is 3. The van der Waals surface area contributed by atoms with Crippen LogP contribution in [0.25, 0.3) is 0 Å². The van der Waals surface area contributed by atoms with Gasteiger partial charge in [0.1, 0.15) is 5.82 Å². The number of nitrogens with one attached hydrogen (secondary N) is 1. The van der Waals surface area contributed by atoms with E-state index in [2.05, 4.69) is 15.4 Å². The second-order valence-electron chi connectivity index (χ2n) is 4.38. The van der Waals surface area contributed by atoms with Gasteiger partial charge in [-0.3, -0.25) is 4.68 Å². The molecule has 76 valence electrons. The lowest BCUT2D eigenvalue weighted by Crippen LogP contribution is -2.17. The van der Waals surface area contributed by atoms with Gasteiger partial charge in [-0.1, -0.05) is 0 Å². The first-order valence-corrected chi connectivity index (χ1v) is 5.49. The monoisotopic (exact) mass is 192 g/mol. The zero-order chi connectivity index (χ0) is 9.54. The molecular formula is C10H16N4. The Morgan fingerprint density at radius 3 is 2.86 bits per heavy atom. The Hall–Kier alpha value is -0.900. The molecule has 1 aliphatic carbocycles. The Balaban J connectivity index is 1.88. The Kier molecular flexibility index (Phi) is 1.83. The summed E-state index contributed by atoms with van der Waals surface area (Å²) in [5, 5.41) is 7.95. The number of nitrogens with zero attached hydrogens (tertiary/aromatic N) is 3. The van der Waals surface area contributed by atoms with Crippen LogP contribution in [0.1, 0.15) is 49.3 Å². The van der Waals surface area contributed by atoms with Gasteiger partial charge < -0.3 is 5.32 Å². The highest BCUT2D eigenvalue weighted by atomic mass is 15.3. The van der Waals surface area contributed by atoms with Gasteiger partial charge in [-0.2, -0.15) is 5.10 Å². The maximum Gasteiger partial charge on any atom is 0.154 e. The number of aromatic nitrogens is 3. The summed E-state index contributed by atoms with van der Waals surface area (Å²) in [5.74, 6) is 2.86. The van der Waals surface area contributed by atoms with Gasteiger partial charge in [-0.15, -0.1) is 0 Å². The van der Waals surface area contributed by atoms with Crippen LogP contribution in [0.15, 0.2) is 0 Å². The van der Waals surface area contributed by atoms with Gasteiger partial charge in [-0.25, -0.2) is 4.98 Å². The van der Waals surface area contributed by atoms with Crippen LogP contribution in [-0.2, 0) is 7.05 Å². The molecule has 1 saturated heterocycles. The van der Waals surface area contributed by atoms with Crippen molar-refractivity contribution in [3.05, 3.63) is 11.6 Å². The largest absolute Gasteiger partial charge is 0.307 e. The molecule has 4 heteroatoms. The summed E-state index contributed by atoms with van der Waals surface area (Å²) in [6.07, 6.45) is 5.02. The van der Waals surface area contributed by atoms with Crippen LogP contribution in [0.3, 0.4) is 0 Å². The van der Waals surface area contributed by atoms with Crippen molar-refractivity contribution in [2.24, 2.45) is 7.05 Å². The van der Waals surface area contributed by atoms with E-state index < -0.39 is 0 Å². The summed E-state index contributed by atoms with van der Waals surface area (Å²) in [6.45, 7) is 1.12. The van der Waals surface area contributed by atoms with Crippen LogP contribution in [0.2, 0.25) is 0 Å². The summed E-state index contributed by atoms with van der Waals surface area (Å²) in [4.78, 5) is 4.64. The van der Waals surface area contributed by atoms with Gasteiger partial charge in [0.15, 0.2) is 5.82 Å². The van der Waals surface area contributed by atoms with Crippen LogP contribution in [-0.4, -0.2) is 21.3 Å². The molecule has 1 aliphatic heterocycles. The van der Waals surface area contributed by atoms with Gasteiger partial charge >= 0.3 is 0 Å². The van der Waals surface area contributed by atoms with Crippen molar-refractivity contribution in [3.8, 4) is 0 Å². The third-order valence-electron chi connectivity index (χ3n) is 3.13. The Bertz CT molecular complexity index is 334. The maximum atomic E-state index is 4.64. The summed E-state index contributed by atoms with van der Waals surface area (Å²) in [7, 11) is 2.01.